The largest absolute Gasteiger partial charge is 0.323 e. The lowest BCUT2D eigenvalue weighted by atomic mass is 10.2. The maximum absolute atomic E-state index is 13.6. The number of carbonyl (C=O) groups is 1. The summed E-state index contributed by atoms with van der Waals surface area (Å²) in [4.78, 5) is 34.6. The minimum atomic E-state index is -3.90. The number of nitrogens with two attached hydrogens (primary N) is 1. The van der Waals surface area contributed by atoms with Crippen LogP contribution in [0, 0.1) is 7.14 Å². The zero-order valence-corrected chi connectivity index (χ0v) is 24.1. The number of pyridine rings is 1. The van der Waals surface area contributed by atoms with Crippen LogP contribution in [0.2, 0.25) is 5.15 Å². The number of benzene rings is 2. The number of primary sulfonamides is 1. The monoisotopic (exact) mass is 753 g/mol. The summed E-state index contributed by atoms with van der Waals surface area (Å²) >= 11 is 11.3. The van der Waals surface area contributed by atoms with Crippen LogP contribution in [0.5, 0.6) is 0 Å². The van der Waals surface area contributed by atoms with Crippen LogP contribution in [0.15, 0.2) is 69.6 Å². The number of halogens is 3. The Bertz CT molecular complexity index is 1630. The summed E-state index contributed by atoms with van der Waals surface area (Å²) < 4.78 is 26.3. The van der Waals surface area contributed by atoms with Crippen molar-refractivity contribution < 1.29 is 13.2 Å². The van der Waals surface area contributed by atoms with Crippen LogP contribution in [-0.4, -0.2) is 34.6 Å². The first-order valence-electron chi connectivity index (χ1n) is 9.63. The van der Waals surface area contributed by atoms with Crippen molar-refractivity contribution in [3.05, 3.63) is 77.4 Å². The Morgan fingerprint density at radius 1 is 1.17 bits per heavy atom. The number of thioether (sulfide) groups is 1. The molecule has 0 aliphatic carbocycles. The van der Waals surface area contributed by atoms with Crippen molar-refractivity contribution in [3.63, 3.8) is 0 Å². The van der Waals surface area contributed by atoms with Gasteiger partial charge in [-0.1, -0.05) is 23.4 Å². The molecule has 9 nitrogen and oxygen atoms in total. The van der Waals surface area contributed by atoms with Gasteiger partial charge in [0.1, 0.15) is 0 Å². The molecule has 2 aromatic heterocycles. The second-order valence-electron chi connectivity index (χ2n) is 7.04. The standard InChI is InChI=1S/C21H14ClI2N5O4S2/c22-19-16(2-1-7-26-19)27-17(30)10-34-21-28-18-14(8-11(23)9-15(18)24)20(31)29(21)12-3-5-13(6-4-12)35(25,32)33/h1-9H,10H2,(H,27,30)(H2,25,32,33). The van der Waals surface area contributed by atoms with Crippen molar-refractivity contribution in [3.8, 4) is 5.69 Å². The fourth-order valence-corrected chi connectivity index (χ4v) is 6.55. The quantitative estimate of drug-likeness (QED) is 0.131. The minimum Gasteiger partial charge on any atom is -0.323 e. The Morgan fingerprint density at radius 3 is 2.54 bits per heavy atom. The Labute approximate surface area is 236 Å². The summed E-state index contributed by atoms with van der Waals surface area (Å²) in [5, 5.41) is 8.69. The fraction of sp³-hybridized carbons (Fsp3) is 0.0476. The molecule has 0 bridgehead atoms. The van der Waals surface area contributed by atoms with Crippen molar-refractivity contribution in [1.82, 2.24) is 14.5 Å². The van der Waals surface area contributed by atoms with Crippen LogP contribution in [0.25, 0.3) is 16.6 Å². The van der Waals surface area contributed by atoms with Gasteiger partial charge < -0.3 is 5.32 Å². The Morgan fingerprint density at radius 2 is 1.89 bits per heavy atom. The highest BCUT2D eigenvalue weighted by Gasteiger charge is 2.18. The Hall–Kier alpha value is -1.79. The summed E-state index contributed by atoms with van der Waals surface area (Å²) in [5.41, 5.74) is 0.898. The second kappa shape index (κ2) is 10.7. The van der Waals surface area contributed by atoms with E-state index in [1.54, 1.807) is 18.2 Å². The molecule has 35 heavy (non-hydrogen) atoms. The van der Waals surface area contributed by atoms with E-state index in [1.165, 1.54) is 35.0 Å². The zero-order chi connectivity index (χ0) is 25.3. The number of nitrogens with one attached hydrogen (secondary N) is 1. The van der Waals surface area contributed by atoms with E-state index in [2.05, 4.69) is 60.5 Å². The molecule has 14 heteroatoms. The molecule has 0 unspecified atom stereocenters. The Balaban J connectivity index is 1.77. The van der Waals surface area contributed by atoms with Gasteiger partial charge >= 0.3 is 0 Å². The minimum absolute atomic E-state index is 0.0701. The number of rotatable bonds is 6. The molecule has 0 radical (unpaired) electrons. The van der Waals surface area contributed by atoms with Crippen molar-refractivity contribution in [1.29, 1.82) is 0 Å². The molecule has 2 aromatic carbocycles. The highest BCUT2D eigenvalue weighted by atomic mass is 127. The van der Waals surface area contributed by atoms with E-state index < -0.39 is 10.0 Å². The van der Waals surface area contributed by atoms with Crippen LogP contribution < -0.4 is 16.0 Å². The molecule has 1 amide bonds. The first-order chi connectivity index (χ1) is 16.5. The van der Waals surface area contributed by atoms with Gasteiger partial charge in [-0.25, -0.2) is 23.5 Å². The molecule has 4 aromatic rings. The normalized spacial score (nSPS) is 11.5. The number of hydrogen-bond acceptors (Lipinski definition) is 7. The third-order valence-corrected chi connectivity index (χ3v) is 8.26. The molecular weight excluding hydrogens is 740 g/mol. The summed E-state index contributed by atoms with van der Waals surface area (Å²) in [6, 6.07) is 12.4. The van der Waals surface area contributed by atoms with Gasteiger partial charge in [-0.05, 0) is 93.7 Å². The number of fused-ring (bicyclic) bond motifs is 1. The lowest BCUT2D eigenvalue weighted by Gasteiger charge is -2.14. The van der Waals surface area contributed by atoms with E-state index in [9.17, 15) is 18.0 Å². The molecule has 3 N–H and O–H groups in total. The molecule has 2 heterocycles. The highest BCUT2D eigenvalue weighted by molar-refractivity contribution is 14.1. The average molecular weight is 754 g/mol. The van der Waals surface area contributed by atoms with E-state index in [0.717, 1.165) is 18.9 Å². The molecule has 0 saturated carbocycles. The van der Waals surface area contributed by atoms with Crippen molar-refractivity contribution >= 4 is 101 Å². The van der Waals surface area contributed by atoms with Crippen molar-refractivity contribution in [2.45, 2.75) is 10.1 Å². The molecule has 0 fully saturated rings. The lowest BCUT2D eigenvalue weighted by Crippen LogP contribution is -2.23. The van der Waals surface area contributed by atoms with Gasteiger partial charge in [0.15, 0.2) is 10.3 Å². The van der Waals surface area contributed by atoms with E-state index in [4.69, 9.17) is 16.7 Å². The van der Waals surface area contributed by atoms with Crippen LogP contribution in [0.4, 0.5) is 5.69 Å². The predicted octanol–water partition coefficient (Wildman–Crippen LogP) is 4.02. The van der Waals surface area contributed by atoms with Gasteiger partial charge in [0, 0.05) is 13.3 Å². The summed E-state index contributed by atoms with van der Waals surface area (Å²) in [6.07, 6.45) is 1.51. The van der Waals surface area contributed by atoms with E-state index in [-0.39, 0.29) is 32.4 Å². The maximum atomic E-state index is 13.6. The molecule has 0 saturated heterocycles. The van der Waals surface area contributed by atoms with E-state index in [1.807, 2.05) is 6.07 Å². The number of amides is 1. The second-order valence-corrected chi connectivity index (χ2v) is 12.3. The zero-order valence-electron chi connectivity index (χ0n) is 17.4. The average Bonchev–Trinajstić information content (AvgIpc) is 2.79. The number of aromatic nitrogens is 3. The summed E-state index contributed by atoms with van der Waals surface area (Å²) in [6.45, 7) is 0. The van der Waals surface area contributed by atoms with Gasteiger partial charge in [0.25, 0.3) is 5.56 Å². The Kier molecular flexibility index (Phi) is 8.02. The highest BCUT2D eigenvalue weighted by Crippen LogP contribution is 2.26. The summed E-state index contributed by atoms with van der Waals surface area (Å²) in [5.74, 6) is -0.438. The number of nitrogens with zero attached hydrogens (tertiary/aromatic N) is 3. The molecule has 0 spiro atoms. The summed E-state index contributed by atoms with van der Waals surface area (Å²) in [7, 11) is -3.90. The third kappa shape index (κ3) is 5.96. The molecule has 180 valence electrons. The lowest BCUT2D eigenvalue weighted by molar-refractivity contribution is -0.113. The number of sulfonamides is 1. The van der Waals surface area contributed by atoms with E-state index in [0.29, 0.717) is 22.3 Å². The van der Waals surface area contributed by atoms with Gasteiger partial charge in [-0.3, -0.25) is 14.2 Å². The van der Waals surface area contributed by atoms with Gasteiger partial charge in [0.2, 0.25) is 15.9 Å². The smallest absolute Gasteiger partial charge is 0.266 e. The van der Waals surface area contributed by atoms with Gasteiger partial charge in [-0.15, -0.1) is 0 Å². The van der Waals surface area contributed by atoms with Crippen LogP contribution in [0.3, 0.4) is 0 Å². The molecule has 0 aliphatic heterocycles. The number of hydrogen-bond donors (Lipinski definition) is 2. The van der Waals surface area contributed by atoms with Crippen LogP contribution in [-0.2, 0) is 14.8 Å². The van der Waals surface area contributed by atoms with Crippen molar-refractivity contribution in [2.75, 3.05) is 11.1 Å². The van der Waals surface area contributed by atoms with E-state index >= 15 is 0 Å². The fourth-order valence-electron chi connectivity index (χ4n) is 3.10. The van der Waals surface area contributed by atoms with Crippen LogP contribution >= 0.6 is 68.5 Å². The molecule has 4 rings (SSSR count). The first kappa shape index (κ1) is 26.3. The third-order valence-electron chi connectivity index (χ3n) is 4.65. The SMILES string of the molecule is NS(=O)(=O)c1ccc(-n2c(SCC(=O)Nc3cccnc3Cl)nc3c(I)cc(I)cc3c2=O)cc1. The maximum Gasteiger partial charge on any atom is 0.266 e. The predicted molar refractivity (Wildman–Crippen MR) is 153 cm³/mol. The molecule has 0 atom stereocenters. The topological polar surface area (TPSA) is 137 Å². The van der Waals surface area contributed by atoms with Crippen LogP contribution in [0.1, 0.15) is 0 Å². The first-order valence-corrected chi connectivity index (χ1v) is 14.7. The molecular formula is C21H14ClI2N5O4S2. The number of anilines is 1. The van der Waals surface area contributed by atoms with Crippen molar-refractivity contribution in [2.24, 2.45) is 5.14 Å². The number of carbonyl (C=O) groups excluding carboxylic acids is 1. The van der Waals surface area contributed by atoms with Gasteiger partial charge in [-0.2, -0.15) is 0 Å². The van der Waals surface area contributed by atoms with Gasteiger partial charge in [0.05, 0.1) is 32.9 Å². The molecule has 0 aliphatic rings.